The minimum Gasteiger partial charge on any atom is -0.377 e. The second-order valence-electron chi connectivity index (χ2n) is 7.79. The summed E-state index contributed by atoms with van der Waals surface area (Å²) in [7, 11) is 0. The van der Waals surface area contributed by atoms with Crippen LogP contribution in [0.1, 0.15) is 42.8 Å². The van der Waals surface area contributed by atoms with E-state index in [-0.39, 0.29) is 17.7 Å². The average Bonchev–Trinajstić information content (AvgIpc) is 3.30. The van der Waals surface area contributed by atoms with Gasteiger partial charge in [0.1, 0.15) is 6.04 Å². The largest absolute Gasteiger partial charge is 0.377 e. The lowest BCUT2D eigenvalue weighted by atomic mass is 10.0. The van der Waals surface area contributed by atoms with Gasteiger partial charge in [-0.15, -0.1) is 11.3 Å². The van der Waals surface area contributed by atoms with Gasteiger partial charge in [0.15, 0.2) is 0 Å². The number of nitrogens with one attached hydrogen (secondary N) is 1. The third-order valence-electron chi connectivity index (χ3n) is 5.35. The van der Waals surface area contributed by atoms with Crippen molar-refractivity contribution >= 4 is 23.2 Å². The second kappa shape index (κ2) is 9.66. The fourth-order valence-electron chi connectivity index (χ4n) is 3.78. The molecule has 0 saturated carbocycles. The fraction of sp³-hybridized carbons (Fsp3) is 0.700. The highest BCUT2D eigenvalue weighted by Crippen LogP contribution is 2.16. The van der Waals surface area contributed by atoms with Gasteiger partial charge in [-0.05, 0) is 43.2 Å². The maximum atomic E-state index is 13.1. The number of hydrogen-bond acceptors (Lipinski definition) is 5. The number of ether oxygens (including phenoxy) is 1. The molecule has 0 aliphatic carbocycles. The number of rotatable bonds is 6. The highest BCUT2D eigenvalue weighted by molar-refractivity contribution is 7.12. The molecule has 150 valence electrons. The Labute approximate surface area is 165 Å². The van der Waals surface area contributed by atoms with Crippen molar-refractivity contribution in [3.63, 3.8) is 0 Å². The number of carbonyl (C=O) groups excluding carboxylic acids is 2. The second-order valence-corrected chi connectivity index (χ2v) is 8.73. The van der Waals surface area contributed by atoms with Crippen molar-refractivity contribution in [3.05, 3.63) is 22.4 Å². The SMILES string of the molecule is CC(C)[C@@H](NC(=O)c1cccs1)C(=O)N1CCCN(C[C@H]2CCCO2)CC1. The molecule has 0 unspecified atom stereocenters. The zero-order valence-corrected chi connectivity index (χ0v) is 17.2. The van der Waals surface area contributed by atoms with Gasteiger partial charge >= 0.3 is 0 Å². The molecule has 2 fully saturated rings. The smallest absolute Gasteiger partial charge is 0.262 e. The summed E-state index contributed by atoms with van der Waals surface area (Å²) in [6.07, 6.45) is 3.61. The van der Waals surface area contributed by atoms with Crippen LogP contribution in [0.15, 0.2) is 17.5 Å². The van der Waals surface area contributed by atoms with E-state index in [4.69, 9.17) is 4.74 Å². The molecule has 0 bridgehead atoms. The lowest BCUT2D eigenvalue weighted by Gasteiger charge is -2.29. The van der Waals surface area contributed by atoms with Gasteiger partial charge in [-0.3, -0.25) is 14.5 Å². The Balaban J connectivity index is 1.56. The van der Waals surface area contributed by atoms with Gasteiger partial charge in [0.2, 0.25) is 5.91 Å². The summed E-state index contributed by atoms with van der Waals surface area (Å²) in [6, 6.07) is 3.16. The van der Waals surface area contributed by atoms with Crippen molar-refractivity contribution in [1.29, 1.82) is 0 Å². The molecule has 27 heavy (non-hydrogen) atoms. The van der Waals surface area contributed by atoms with Crippen LogP contribution >= 0.6 is 11.3 Å². The van der Waals surface area contributed by atoms with Gasteiger partial charge in [0, 0.05) is 32.8 Å². The van der Waals surface area contributed by atoms with E-state index >= 15 is 0 Å². The number of amides is 2. The normalized spacial score (nSPS) is 22.6. The van der Waals surface area contributed by atoms with Gasteiger partial charge < -0.3 is 15.0 Å². The van der Waals surface area contributed by atoms with E-state index in [1.54, 1.807) is 6.07 Å². The van der Waals surface area contributed by atoms with Crippen molar-refractivity contribution in [2.75, 3.05) is 39.3 Å². The summed E-state index contributed by atoms with van der Waals surface area (Å²) >= 11 is 1.40. The Hall–Kier alpha value is -1.44. The molecular weight excluding hydrogens is 362 g/mol. The molecule has 0 radical (unpaired) electrons. The topological polar surface area (TPSA) is 61.9 Å². The van der Waals surface area contributed by atoms with E-state index in [0.717, 1.165) is 52.0 Å². The molecule has 1 aromatic rings. The van der Waals surface area contributed by atoms with Gasteiger partial charge in [-0.1, -0.05) is 19.9 Å². The van der Waals surface area contributed by atoms with E-state index < -0.39 is 6.04 Å². The van der Waals surface area contributed by atoms with Gasteiger partial charge in [-0.2, -0.15) is 0 Å². The highest BCUT2D eigenvalue weighted by Gasteiger charge is 2.30. The van der Waals surface area contributed by atoms with Crippen LogP contribution < -0.4 is 5.32 Å². The molecule has 0 aromatic carbocycles. The van der Waals surface area contributed by atoms with E-state index in [2.05, 4.69) is 10.2 Å². The quantitative estimate of drug-likeness (QED) is 0.805. The molecule has 0 spiro atoms. The first-order valence-corrected chi connectivity index (χ1v) is 10.9. The summed E-state index contributed by atoms with van der Waals surface area (Å²) < 4.78 is 5.75. The molecule has 6 nitrogen and oxygen atoms in total. The van der Waals surface area contributed by atoms with Crippen molar-refractivity contribution in [2.45, 2.75) is 45.3 Å². The van der Waals surface area contributed by atoms with Crippen molar-refractivity contribution in [2.24, 2.45) is 5.92 Å². The van der Waals surface area contributed by atoms with Crippen LogP contribution in [0, 0.1) is 5.92 Å². The molecule has 3 rings (SSSR count). The van der Waals surface area contributed by atoms with Crippen LogP contribution in [0.4, 0.5) is 0 Å². The van der Waals surface area contributed by atoms with Gasteiger partial charge in [0.25, 0.3) is 5.91 Å². The Bertz CT molecular complexity index is 614. The summed E-state index contributed by atoms with van der Waals surface area (Å²) in [4.78, 5) is 30.5. The van der Waals surface area contributed by atoms with Crippen LogP contribution in [-0.2, 0) is 9.53 Å². The third-order valence-corrected chi connectivity index (χ3v) is 6.22. The monoisotopic (exact) mass is 393 g/mol. The molecule has 1 aromatic heterocycles. The molecule has 2 aliphatic heterocycles. The summed E-state index contributed by atoms with van der Waals surface area (Å²) in [5.41, 5.74) is 0. The van der Waals surface area contributed by atoms with Crippen LogP contribution in [0.3, 0.4) is 0 Å². The molecule has 2 aliphatic rings. The van der Waals surface area contributed by atoms with E-state index in [0.29, 0.717) is 17.5 Å². The predicted molar refractivity (Wildman–Crippen MR) is 107 cm³/mol. The minimum absolute atomic E-state index is 0.0360. The van der Waals surface area contributed by atoms with Crippen molar-refractivity contribution in [1.82, 2.24) is 15.1 Å². The van der Waals surface area contributed by atoms with E-state index in [9.17, 15) is 9.59 Å². The van der Waals surface area contributed by atoms with Gasteiger partial charge in [-0.25, -0.2) is 0 Å². The Morgan fingerprint density at radius 1 is 1.26 bits per heavy atom. The fourth-order valence-corrected chi connectivity index (χ4v) is 4.41. The number of hydrogen-bond donors (Lipinski definition) is 1. The highest BCUT2D eigenvalue weighted by atomic mass is 32.1. The third kappa shape index (κ3) is 5.53. The number of carbonyl (C=O) groups is 2. The molecule has 3 heterocycles. The Morgan fingerprint density at radius 2 is 2.11 bits per heavy atom. The van der Waals surface area contributed by atoms with Crippen LogP contribution in [0.25, 0.3) is 0 Å². The molecule has 1 N–H and O–H groups in total. The maximum Gasteiger partial charge on any atom is 0.262 e. The molecule has 2 amide bonds. The zero-order chi connectivity index (χ0) is 19.2. The summed E-state index contributed by atoms with van der Waals surface area (Å²) in [6.45, 7) is 9.14. The molecule has 2 atom stereocenters. The average molecular weight is 394 g/mol. The van der Waals surface area contributed by atoms with Crippen LogP contribution in [-0.4, -0.2) is 73.1 Å². The lowest BCUT2D eigenvalue weighted by Crippen LogP contribution is -2.52. The van der Waals surface area contributed by atoms with Crippen molar-refractivity contribution in [3.8, 4) is 0 Å². The molecule has 7 heteroatoms. The number of nitrogens with zero attached hydrogens (tertiary/aromatic N) is 2. The lowest BCUT2D eigenvalue weighted by molar-refractivity contribution is -0.134. The first-order chi connectivity index (χ1) is 13.0. The maximum absolute atomic E-state index is 13.1. The minimum atomic E-state index is -0.482. The first kappa shape index (κ1) is 20.3. The van der Waals surface area contributed by atoms with Crippen LogP contribution in [0.2, 0.25) is 0 Å². The standard InChI is InChI=1S/C20H31N3O3S/c1-15(2)18(21-19(24)17-7-4-13-27-17)20(25)23-9-5-8-22(10-11-23)14-16-6-3-12-26-16/h4,7,13,15-16,18H,3,5-6,8-12,14H2,1-2H3,(H,21,24)/t16-,18-/m1/s1. The summed E-state index contributed by atoms with van der Waals surface area (Å²) in [5, 5.41) is 4.83. The Morgan fingerprint density at radius 3 is 2.78 bits per heavy atom. The van der Waals surface area contributed by atoms with Crippen LogP contribution in [0.5, 0.6) is 0 Å². The molecule has 2 saturated heterocycles. The van der Waals surface area contributed by atoms with Gasteiger partial charge in [0.05, 0.1) is 11.0 Å². The zero-order valence-electron chi connectivity index (χ0n) is 16.4. The van der Waals surface area contributed by atoms with Crippen molar-refractivity contribution < 1.29 is 14.3 Å². The number of thiophene rings is 1. The van der Waals surface area contributed by atoms with E-state index in [1.165, 1.54) is 11.3 Å². The predicted octanol–water partition coefficient (Wildman–Crippen LogP) is 2.22. The summed E-state index contributed by atoms with van der Waals surface area (Å²) in [5.74, 6) is -0.0755. The molecular formula is C20H31N3O3S. The first-order valence-electron chi connectivity index (χ1n) is 10.0. The Kier molecular flexibility index (Phi) is 7.26. The van der Waals surface area contributed by atoms with E-state index in [1.807, 2.05) is 30.2 Å².